The number of carbonyl (C=O) groups is 1. The first-order valence-corrected chi connectivity index (χ1v) is 10.9. The Morgan fingerprint density at radius 3 is 2.59 bits per heavy atom. The van der Waals surface area contributed by atoms with Crippen LogP contribution in [0.3, 0.4) is 0 Å². The minimum Gasteiger partial charge on any atom is -0.338 e. The molecule has 0 saturated heterocycles. The van der Waals surface area contributed by atoms with Crippen LogP contribution in [0.2, 0.25) is 0 Å². The van der Waals surface area contributed by atoms with Crippen molar-refractivity contribution in [1.82, 2.24) is 19.7 Å². The van der Waals surface area contributed by atoms with E-state index >= 15 is 0 Å². The first-order valence-electron chi connectivity index (χ1n) is 9.10. The highest BCUT2D eigenvalue weighted by atomic mass is 32.2. The van der Waals surface area contributed by atoms with E-state index in [1.54, 1.807) is 11.3 Å². The minimum absolute atomic E-state index is 0.120. The molecule has 0 aliphatic carbocycles. The lowest BCUT2D eigenvalue weighted by atomic mass is 10.2. The molecule has 3 aromatic rings. The molecule has 0 radical (unpaired) electrons. The topological polar surface area (TPSA) is 51.0 Å². The van der Waals surface area contributed by atoms with Gasteiger partial charge >= 0.3 is 0 Å². The zero-order valence-electron chi connectivity index (χ0n) is 15.8. The van der Waals surface area contributed by atoms with E-state index in [1.807, 2.05) is 54.5 Å². The number of hydrogen-bond acceptors (Lipinski definition) is 5. The number of carbonyl (C=O) groups excluding carboxylic acids is 1. The van der Waals surface area contributed by atoms with Gasteiger partial charge in [-0.1, -0.05) is 48.2 Å². The number of thioether (sulfide) groups is 1. The third kappa shape index (κ3) is 4.59. The maximum Gasteiger partial charge on any atom is 0.236 e. The van der Waals surface area contributed by atoms with Crippen molar-refractivity contribution in [2.75, 3.05) is 6.54 Å². The standard InChI is InChI=1S/C20H24N4OS2/c1-4-23(14-16-10-7-6-8-11-16)19(25)15(3)27-20-22-21-18(24(20)5-2)17-12-9-13-26-17/h6-13,15H,4-5,14H2,1-3H3. The highest BCUT2D eigenvalue weighted by Gasteiger charge is 2.24. The number of thiophene rings is 1. The van der Waals surface area contributed by atoms with Gasteiger partial charge in [0.15, 0.2) is 11.0 Å². The van der Waals surface area contributed by atoms with E-state index in [0.717, 1.165) is 28.0 Å². The Morgan fingerprint density at radius 2 is 1.96 bits per heavy atom. The summed E-state index contributed by atoms with van der Waals surface area (Å²) in [6.45, 7) is 8.11. The minimum atomic E-state index is -0.223. The van der Waals surface area contributed by atoms with Crippen LogP contribution in [-0.4, -0.2) is 37.4 Å². The lowest BCUT2D eigenvalue weighted by Crippen LogP contribution is -2.36. The normalized spacial score (nSPS) is 12.1. The number of aromatic nitrogens is 3. The number of benzene rings is 1. The maximum absolute atomic E-state index is 13.0. The van der Waals surface area contributed by atoms with Crippen LogP contribution >= 0.6 is 23.1 Å². The van der Waals surface area contributed by atoms with Crippen molar-refractivity contribution < 1.29 is 4.79 Å². The first-order chi connectivity index (χ1) is 13.1. The summed E-state index contributed by atoms with van der Waals surface area (Å²) in [7, 11) is 0. The van der Waals surface area contributed by atoms with Gasteiger partial charge in [0.1, 0.15) is 0 Å². The van der Waals surface area contributed by atoms with Gasteiger partial charge in [-0.3, -0.25) is 4.79 Å². The highest BCUT2D eigenvalue weighted by Crippen LogP contribution is 2.29. The molecule has 1 atom stereocenters. The molecule has 3 rings (SSSR count). The van der Waals surface area contributed by atoms with Crippen molar-refractivity contribution in [3.63, 3.8) is 0 Å². The van der Waals surface area contributed by atoms with Crippen molar-refractivity contribution >= 4 is 29.0 Å². The second-order valence-electron chi connectivity index (χ2n) is 6.13. The Balaban J connectivity index is 1.72. The smallest absolute Gasteiger partial charge is 0.236 e. The number of nitrogens with zero attached hydrogens (tertiary/aromatic N) is 4. The summed E-state index contributed by atoms with van der Waals surface area (Å²) >= 11 is 3.12. The predicted molar refractivity (Wildman–Crippen MR) is 112 cm³/mol. The van der Waals surface area contributed by atoms with Gasteiger partial charge in [-0.25, -0.2) is 0 Å². The van der Waals surface area contributed by atoms with Crippen molar-refractivity contribution in [2.24, 2.45) is 0 Å². The molecular weight excluding hydrogens is 376 g/mol. The number of amides is 1. The molecule has 2 aromatic heterocycles. The molecule has 1 amide bonds. The molecule has 27 heavy (non-hydrogen) atoms. The van der Waals surface area contributed by atoms with E-state index in [4.69, 9.17) is 0 Å². The molecule has 1 unspecified atom stereocenters. The Bertz CT molecular complexity index is 862. The quantitative estimate of drug-likeness (QED) is 0.520. The Hall–Kier alpha value is -2.12. The van der Waals surface area contributed by atoms with Crippen LogP contribution in [0.5, 0.6) is 0 Å². The summed E-state index contributed by atoms with van der Waals surface area (Å²) in [4.78, 5) is 15.9. The van der Waals surface area contributed by atoms with Crippen molar-refractivity contribution in [1.29, 1.82) is 0 Å². The third-order valence-corrected chi connectivity index (χ3v) is 6.25. The molecule has 0 spiro atoms. The molecule has 0 fully saturated rings. The van der Waals surface area contributed by atoms with Crippen LogP contribution in [0.25, 0.3) is 10.7 Å². The third-order valence-electron chi connectivity index (χ3n) is 4.31. The predicted octanol–water partition coefficient (Wildman–Crippen LogP) is 4.56. The molecule has 142 valence electrons. The summed E-state index contributed by atoms with van der Waals surface area (Å²) in [5.41, 5.74) is 1.14. The SMILES string of the molecule is CCN(Cc1ccccc1)C(=O)C(C)Sc1nnc(-c2cccs2)n1CC. The zero-order valence-corrected chi connectivity index (χ0v) is 17.5. The van der Waals surface area contributed by atoms with Gasteiger partial charge in [0.05, 0.1) is 10.1 Å². The second-order valence-corrected chi connectivity index (χ2v) is 8.38. The van der Waals surface area contributed by atoms with Gasteiger partial charge in [0, 0.05) is 19.6 Å². The van der Waals surface area contributed by atoms with Crippen LogP contribution in [0.15, 0.2) is 53.0 Å². The Kier molecular flexibility index (Phi) is 6.68. The van der Waals surface area contributed by atoms with Gasteiger partial charge in [0.2, 0.25) is 5.91 Å². The molecule has 0 N–H and O–H groups in total. The molecule has 7 heteroatoms. The lowest BCUT2D eigenvalue weighted by molar-refractivity contribution is -0.130. The van der Waals surface area contributed by atoms with Crippen molar-refractivity contribution in [3.8, 4) is 10.7 Å². The largest absolute Gasteiger partial charge is 0.338 e. The van der Waals surface area contributed by atoms with Crippen LogP contribution < -0.4 is 0 Å². The van der Waals surface area contributed by atoms with Gasteiger partial charge in [-0.2, -0.15) is 0 Å². The van der Waals surface area contributed by atoms with Crippen LogP contribution in [0.1, 0.15) is 26.3 Å². The average Bonchev–Trinajstić information content (AvgIpc) is 3.35. The molecule has 0 aliphatic rings. The van der Waals surface area contributed by atoms with Crippen LogP contribution in [-0.2, 0) is 17.9 Å². The summed E-state index contributed by atoms with van der Waals surface area (Å²) in [6, 6.07) is 14.1. The first kappa shape index (κ1) is 19.6. The molecule has 2 heterocycles. The van der Waals surface area contributed by atoms with Crippen LogP contribution in [0.4, 0.5) is 0 Å². The zero-order chi connectivity index (χ0) is 19.2. The van der Waals surface area contributed by atoms with Crippen LogP contribution in [0, 0.1) is 0 Å². The highest BCUT2D eigenvalue weighted by molar-refractivity contribution is 8.00. The monoisotopic (exact) mass is 400 g/mol. The summed E-state index contributed by atoms with van der Waals surface area (Å²) in [6.07, 6.45) is 0. The Labute approximate surface area is 168 Å². The van der Waals surface area contributed by atoms with Gasteiger partial charge in [0.25, 0.3) is 0 Å². The fourth-order valence-corrected chi connectivity index (χ4v) is 4.58. The number of rotatable bonds is 8. The van der Waals surface area contributed by atoms with Gasteiger partial charge in [-0.15, -0.1) is 21.5 Å². The van der Waals surface area contributed by atoms with E-state index in [0.29, 0.717) is 13.1 Å². The van der Waals surface area contributed by atoms with Crippen molar-refractivity contribution in [2.45, 2.75) is 44.3 Å². The molecule has 0 saturated carbocycles. The Morgan fingerprint density at radius 1 is 1.19 bits per heavy atom. The molecule has 0 bridgehead atoms. The molecule has 1 aromatic carbocycles. The fourth-order valence-electron chi connectivity index (χ4n) is 2.86. The lowest BCUT2D eigenvalue weighted by Gasteiger charge is -2.24. The molecule has 0 aliphatic heterocycles. The van der Waals surface area contributed by atoms with Crippen molar-refractivity contribution in [3.05, 3.63) is 53.4 Å². The number of hydrogen-bond donors (Lipinski definition) is 0. The summed E-state index contributed by atoms with van der Waals surface area (Å²) in [5.74, 6) is 0.987. The second kappa shape index (κ2) is 9.19. The van der Waals surface area contributed by atoms with E-state index < -0.39 is 0 Å². The van der Waals surface area contributed by atoms with E-state index in [-0.39, 0.29) is 11.2 Å². The summed E-state index contributed by atoms with van der Waals surface area (Å²) in [5, 5.41) is 11.3. The van der Waals surface area contributed by atoms with E-state index in [1.165, 1.54) is 11.8 Å². The maximum atomic E-state index is 13.0. The molecule has 5 nitrogen and oxygen atoms in total. The van der Waals surface area contributed by atoms with E-state index in [2.05, 4.69) is 33.8 Å². The average molecular weight is 401 g/mol. The van der Waals surface area contributed by atoms with Gasteiger partial charge in [-0.05, 0) is 37.8 Å². The molecular formula is C20H24N4OS2. The van der Waals surface area contributed by atoms with Gasteiger partial charge < -0.3 is 9.47 Å². The van der Waals surface area contributed by atoms with E-state index in [9.17, 15) is 4.79 Å². The fraction of sp³-hybridized carbons (Fsp3) is 0.350. The summed E-state index contributed by atoms with van der Waals surface area (Å²) < 4.78 is 2.08.